The molecular formula is C15H19NO3S. The van der Waals surface area contributed by atoms with Gasteiger partial charge in [0.1, 0.15) is 0 Å². The van der Waals surface area contributed by atoms with Crippen LogP contribution in [0.15, 0.2) is 29.7 Å². The average molecular weight is 293 g/mol. The van der Waals surface area contributed by atoms with E-state index in [0.717, 1.165) is 4.88 Å². The average Bonchev–Trinajstić information content (AvgIpc) is 2.99. The maximum atomic E-state index is 12.6. The first-order valence-corrected chi connectivity index (χ1v) is 7.58. The Morgan fingerprint density at radius 2 is 2.00 bits per heavy atom. The van der Waals surface area contributed by atoms with E-state index in [1.54, 1.807) is 23.3 Å². The zero-order chi connectivity index (χ0) is 14.7. The number of amides is 1. The van der Waals surface area contributed by atoms with Crippen LogP contribution in [-0.4, -0.2) is 28.9 Å². The zero-order valence-electron chi connectivity index (χ0n) is 11.7. The number of carbonyl (C=O) groups is 2. The van der Waals surface area contributed by atoms with E-state index in [9.17, 15) is 14.7 Å². The number of carboxylic acid groups (broad SMARTS) is 1. The second kappa shape index (κ2) is 6.22. The normalized spacial score (nSPS) is 23.3. The van der Waals surface area contributed by atoms with Crippen LogP contribution in [0.4, 0.5) is 0 Å². The first-order valence-electron chi connectivity index (χ1n) is 6.70. The summed E-state index contributed by atoms with van der Waals surface area (Å²) in [6, 6.07) is 3.93. The zero-order valence-corrected chi connectivity index (χ0v) is 12.5. The van der Waals surface area contributed by atoms with Crippen LogP contribution >= 0.6 is 11.3 Å². The molecule has 4 nitrogen and oxygen atoms in total. The van der Waals surface area contributed by atoms with E-state index < -0.39 is 17.8 Å². The van der Waals surface area contributed by atoms with Crippen molar-refractivity contribution in [3.63, 3.8) is 0 Å². The van der Waals surface area contributed by atoms with Gasteiger partial charge in [-0.25, -0.2) is 0 Å². The summed E-state index contributed by atoms with van der Waals surface area (Å²) >= 11 is 1.61. The van der Waals surface area contributed by atoms with Crippen molar-refractivity contribution >= 4 is 23.2 Å². The number of rotatable bonds is 4. The molecule has 2 rings (SSSR count). The first kappa shape index (κ1) is 14.8. The Hall–Kier alpha value is -1.62. The number of carbonyl (C=O) groups excluding carboxylic acids is 1. The number of nitrogens with zero attached hydrogens (tertiary/aromatic N) is 1. The van der Waals surface area contributed by atoms with Crippen LogP contribution in [0.5, 0.6) is 0 Å². The van der Waals surface area contributed by atoms with Crippen LogP contribution in [-0.2, 0) is 9.59 Å². The molecular weight excluding hydrogens is 274 g/mol. The molecule has 0 saturated carbocycles. The lowest BCUT2D eigenvalue weighted by Gasteiger charge is -2.31. The number of carboxylic acids is 1. The van der Waals surface area contributed by atoms with Gasteiger partial charge in [-0.1, -0.05) is 18.2 Å². The molecule has 0 radical (unpaired) electrons. The van der Waals surface area contributed by atoms with E-state index in [4.69, 9.17) is 0 Å². The predicted octanol–water partition coefficient (Wildman–Crippen LogP) is 2.93. The minimum absolute atomic E-state index is 0.0251. The molecule has 0 aliphatic heterocycles. The molecule has 1 aliphatic carbocycles. The highest BCUT2D eigenvalue weighted by Crippen LogP contribution is 2.31. The van der Waals surface area contributed by atoms with Crippen LogP contribution < -0.4 is 0 Å². The van der Waals surface area contributed by atoms with Gasteiger partial charge in [-0.2, -0.15) is 0 Å². The van der Waals surface area contributed by atoms with E-state index in [1.165, 1.54) is 0 Å². The SMILES string of the molecule is CC(c1cccs1)N(C)C(=O)C1CC=CCC1C(=O)O. The summed E-state index contributed by atoms with van der Waals surface area (Å²) in [6.45, 7) is 1.97. The molecule has 1 N–H and O–H groups in total. The fraction of sp³-hybridized carbons (Fsp3) is 0.467. The van der Waals surface area contributed by atoms with E-state index in [0.29, 0.717) is 12.8 Å². The lowest BCUT2D eigenvalue weighted by atomic mass is 9.82. The van der Waals surface area contributed by atoms with Gasteiger partial charge in [0, 0.05) is 11.9 Å². The predicted molar refractivity (Wildman–Crippen MR) is 78.5 cm³/mol. The van der Waals surface area contributed by atoms with Crippen molar-refractivity contribution in [1.82, 2.24) is 4.90 Å². The van der Waals surface area contributed by atoms with Crippen LogP contribution in [0.2, 0.25) is 0 Å². The molecule has 0 fully saturated rings. The maximum absolute atomic E-state index is 12.6. The third-order valence-corrected chi connectivity index (χ3v) is 4.99. The van der Waals surface area contributed by atoms with E-state index in [1.807, 2.05) is 36.6 Å². The second-order valence-corrected chi connectivity index (χ2v) is 6.11. The minimum atomic E-state index is -0.884. The monoisotopic (exact) mass is 293 g/mol. The van der Waals surface area contributed by atoms with Crippen molar-refractivity contribution in [2.75, 3.05) is 7.05 Å². The van der Waals surface area contributed by atoms with Gasteiger partial charge in [-0.15, -0.1) is 11.3 Å². The highest BCUT2D eigenvalue weighted by atomic mass is 32.1. The van der Waals surface area contributed by atoms with Crippen LogP contribution in [0, 0.1) is 11.8 Å². The molecule has 0 spiro atoms. The minimum Gasteiger partial charge on any atom is -0.481 e. The Kier molecular flexibility index (Phi) is 4.60. The smallest absolute Gasteiger partial charge is 0.307 e. The molecule has 20 heavy (non-hydrogen) atoms. The topological polar surface area (TPSA) is 57.6 Å². The molecule has 0 bridgehead atoms. The van der Waals surface area contributed by atoms with Crippen molar-refractivity contribution in [3.8, 4) is 0 Å². The molecule has 3 unspecified atom stereocenters. The van der Waals surface area contributed by atoms with Gasteiger partial charge in [0.2, 0.25) is 5.91 Å². The molecule has 0 aromatic carbocycles. The van der Waals surface area contributed by atoms with Gasteiger partial charge in [0.05, 0.1) is 17.9 Å². The summed E-state index contributed by atoms with van der Waals surface area (Å²) in [5, 5.41) is 11.2. The van der Waals surface area contributed by atoms with E-state index in [-0.39, 0.29) is 11.9 Å². The highest BCUT2D eigenvalue weighted by Gasteiger charge is 2.36. The van der Waals surface area contributed by atoms with Crippen molar-refractivity contribution in [3.05, 3.63) is 34.5 Å². The standard InChI is InChI=1S/C15H19NO3S/c1-10(13-8-5-9-20-13)16(2)14(17)11-6-3-4-7-12(11)15(18)19/h3-5,8-12H,6-7H2,1-2H3,(H,18,19). The van der Waals surface area contributed by atoms with Crippen molar-refractivity contribution in [1.29, 1.82) is 0 Å². The molecule has 1 amide bonds. The fourth-order valence-corrected chi connectivity index (χ4v) is 3.36. The molecule has 1 aliphatic rings. The lowest BCUT2D eigenvalue weighted by molar-refractivity contribution is -0.150. The third kappa shape index (κ3) is 2.93. The van der Waals surface area contributed by atoms with Crippen molar-refractivity contribution in [2.45, 2.75) is 25.8 Å². The molecule has 1 heterocycles. The van der Waals surface area contributed by atoms with Crippen molar-refractivity contribution < 1.29 is 14.7 Å². The Bertz CT molecular complexity index is 509. The summed E-state index contributed by atoms with van der Waals surface area (Å²) in [4.78, 5) is 26.7. The summed E-state index contributed by atoms with van der Waals surface area (Å²) < 4.78 is 0. The summed E-state index contributed by atoms with van der Waals surface area (Å²) in [7, 11) is 1.75. The Labute approximate surface area is 122 Å². The number of hydrogen-bond donors (Lipinski definition) is 1. The van der Waals surface area contributed by atoms with Crippen LogP contribution in [0.3, 0.4) is 0 Å². The third-order valence-electron chi connectivity index (χ3n) is 3.95. The number of allylic oxidation sites excluding steroid dienone is 2. The largest absolute Gasteiger partial charge is 0.481 e. The summed E-state index contributed by atoms with van der Waals surface area (Å²) in [6.07, 6.45) is 4.71. The maximum Gasteiger partial charge on any atom is 0.307 e. The van der Waals surface area contributed by atoms with Crippen LogP contribution in [0.25, 0.3) is 0 Å². The summed E-state index contributed by atoms with van der Waals surface area (Å²) in [5.74, 6) is -2.03. The second-order valence-electron chi connectivity index (χ2n) is 5.13. The van der Waals surface area contributed by atoms with Gasteiger partial charge in [-0.05, 0) is 31.2 Å². The van der Waals surface area contributed by atoms with Gasteiger partial charge in [-0.3, -0.25) is 9.59 Å². The lowest BCUT2D eigenvalue weighted by Crippen LogP contribution is -2.40. The quantitative estimate of drug-likeness (QED) is 0.868. The molecule has 1 aromatic rings. The Morgan fingerprint density at radius 1 is 1.35 bits per heavy atom. The van der Waals surface area contributed by atoms with Gasteiger partial charge < -0.3 is 10.0 Å². The molecule has 3 atom stereocenters. The molecule has 0 saturated heterocycles. The Balaban J connectivity index is 2.13. The first-order chi connectivity index (χ1) is 9.52. The molecule has 108 valence electrons. The number of thiophene rings is 1. The van der Waals surface area contributed by atoms with Gasteiger partial charge >= 0.3 is 5.97 Å². The number of hydrogen-bond acceptors (Lipinski definition) is 3. The molecule has 1 aromatic heterocycles. The Morgan fingerprint density at radius 3 is 2.55 bits per heavy atom. The highest BCUT2D eigenvalue weighted by molar-refractivity contribution is 7.10. The van der Waals surface area contributed by atoms with Crippen LogP contribution in [0.1, 0.15) is 30.7 Å². The van der Waals surface area contributed by atoms with Gasteiger partial charge in [0.15, 0.2) is 0 Å². The van der Waals surface area contributed by atoms with Gasteiger partial charge in [0.25, 0.3) is 0 Å². The summed E-state index contributed by atoms with van der Waals surface area (Å²) in [5.41, 5.74) is 0. The number of aliphatic carboxylic acids is 1. The van der Waals surface area contributed by atoms with Crippen molar-refractivity contribution in [2.24, 2.45) is 11.8 Å². The van der Waals surface area contributed by atoms with E-state index >= 15 is 0 Å². The van der Waals surface area contributed by atoms with E-state index in [2.05, 4.69) is 0 Å². The molecule has 5 heteroatoms. The fourth-order valence-electron chi connectivity index (χ4n) is 2.53.